The third kappa shape index (κ3) is 2.70. The lowest BCUT2D eigenvalue weighted by atomic mass is 9.86. The standard InChI is InChI=1S/C36H22/c1-3-11-27-23(7-1)9-5-13-29(27)31-19-17-25-15-16-26-18-20-32(34-22-21-33(31)35(25)36(26)34)30-14-6-10-24-8-2-4-12-28(24)30/h1-22H. The summed E-state index contributed by atoms with van der Waals surface area (Å²) in [6, 6.07) is 49.1. The second-order valence-corrected chi connectivity index (χ2v) is 9.70. The quantitative estimate of drug-likeness (QED) is 0.228. The van der Waals surface area contributed by atoms with E-state index in [0.717, 1.165) is 0 Å². The van der Waals surface area contributed by atoms with E-state index in [2.05, 4.69) is 133 Å². The maximum absolute atomic E-state index is 2.34. The lowest BCUT2D eigenvalue weighted by Crippen LogP contribution is -1.90. The number of hydrogen-bond donors (Lipinski definition) is 0. The van der Waals surface area contributed by atoms with Crippen LogP contribution in [0.2, 0.25) is 0 Å². The van der Waals surface area contributed by atoms with Gasteiger partial charge in [-0.15, -0.1) is 0 Å². The summed E-state index contributed by atoms with van der Waals surface area (Å²) in [4.78, 5) is 0. The molecule has 0 nitrogen and oxygen atoms in total. The molecule has 0 heterocycles. The number of benzene rings is 8. The van der Waals surface area contributed by atoms with Gasteiger partial charge in [-0.25, -0.2) is 0 Å². The van der Waals surface area contributed by atoms with Gasteiger partial charge in [0.1, 0.15) is 0 Å². The van der Waals surface area contributed by atoms with Crippen molar-refractivity contribution in [3.8, 4) is 22.3 Å². The van der Waals surface area contributed by atoms with Crippen LogP contribution in [0.4, 0.5) is 0 Å². The molecule has 0 N–H and O–H groups in total. The second-order valence-electron chi connectivity index (χ2n) is 9.70. The summed E-state index contributed by atoms with van der Waals surface area (Å²) in [6.07, 6.45) is 0. The molecule has 0 aliphatic rings. The van der Waals surface area contributed by atoms with Crippen LogP contribution in [-0.4, -0.2) is 0 Å². The average Bonchev–Trinajstić information content (AvgIpc) is 2.95. The van der Waals surface area contributed by atoms with E-state index in [9.17, 15) is 0 Å². The molecule has 0 spiro atoms. The Morgan fingerprint density at radius 3 is 1.11 bits per heavy atom. The molecule has 166 valence electrons. The van der Waals surface area contributed by atoms with Gasteiger partial charge in [-0.05, 0) is 76.1 Å². The van der Waals surface area contributed by atoms with Gasteiger partial charge in [0.2, 0.25) is 0 Å². The molecular formula is C36H22. The summed E-state index contributed by atoms with van der Waals surface area (Å²) < 4.78 is 0. The highest BCUT2D eigenvalue weighted by molar-refractivity contribution is 6.28. The first kappa shape index (κ1) is 19.6. The molecule has 0 amide bonds. The first-order chi connectivity index (χ1) is 17.9. The van der Waals surface area contributed by atoms with Crippen molar-refractivity contribution < 1.29 is 0 Å². The average molecular weight is 455 g/mol. The molecule has 0 aliphatic carbocycles. The maximum atomic E-state index is 2.34. The van der Waals surface area contributed by atoms with Crippen LogP contribution >= 0.6 is 0 Å². The minimum absolute atomic E-state index is 1.28. The van der Waals surface area contributed by atoms with Crippen LogP contribution in [-0.2, 0) is 0 Å². The molecule has 0 bridgehead atoms. The Labute approximate surface area is 209 Å². The van der Waals surface area contributed by atoms with Gasteiger partial charge in [0, 0.05) is 0 Å². The van der Waals surface area contributed by atoms with E-state index in [1.807, 2.05) is 0 Å². The Bertz CT molecular complexity index is 1930. The van der Waals surface area contributed by atoms with Crippen molar-refractivity contribution in [3.63, 3.8) is 0 Å². The molecule has 36 heavy (non-hydrogen) atoms. The Morgan fingerprint density at radius 2 is 0.611 bits per heavy atom. The first-order valence-electron chi connectivity index (χ1n) is 12.5. The highest BCUT2D eigenvalue weighted by Gasteiger charge is 2.16. The highest BCUT2D eigenvalue weighted by Crippen LogP contribution is 2.44. The monoisotopic (exact) mass is 454 g/mol. The molecule has 0 unspecified atom stereocenters. The zero-order valence-corrected chi connectivity index (χ0v) is 19.7. The normalized spacial score (nSPS) is 11.9. The van der Waals surface area contributed by atoms with Gasteiger partial charge < -0.3 is 0 Å². The molecule has 0 radical (unpaired) electrons. The first-order valence-corrected chi connectivity index (χ1v) is 12.5. The summed E-state index contributed by atoms with van der Waals surface area (Å²) >= 11 is 0. The minimum atomic E-state index is 1.28. The van der Waals surface area contributed by atoms with Crippen LogP contribution in [0.1, 0.15) is 0 Å². The summed E-state index contributed by atoms with van der Waals surface area (Å²) in [5.74, 6) is 0. The molecule has 0 saturated carbocycles. The number of hydrogen-bond acceptors (Lipinski definition) is 0. The van der Waals surface area contributed by atoms with Crippen molar-refractivity contribution in [2.24, 2.45) is 0 Å². The van der Waals surface area contributed by atoms with E-state index >= 15 is 0 Å². The van der Waals surface area contributed by atoms with Crippen molar-refractivity contribution in [2.75, 3.05) is 0 Å². The van der Waals surface area contributed by atoms with Crippen LogP contribution < -0.4 is 0 Å². The van der Waals surface area contributed by atoms with Crippen LogP contribution in [0.25, 0.3) is 76.1 Å². The number of rotatable bonds is 2. The Balaban J connectivity index is 1.49. The summed E-state index contributed by atoms with van der Waals surface area (Å²) in [7, 11) is 0. The van der Waals surface area contributed by atoms with E-state index < -0.39 is 0 Å². The summed E-state index contributed by atoms with van der Waals surface area (Å²) in [5.41, 5.74) is 5.18. The molecule has 0 heteroatoms. The molecule has 8 aromatic carbocycles. The van der Waals surface area contributed by atoms with Gasteiger partial charge in [-0.3, -0.25) is 0 Å². The molecule has 8 aromatic rings. The number of fused-ring (bicyclic) bond motifs is 2. The molecule has 8 rings (SSSR count). The van der Waals surface area contributed by atoms with Gasteiger partial charge in [0.05, 0.1) is 0 Å². The lowest BCUT2D eigenvalue weighted by Gasteiger charge is -2.18. The predicted octanol–water partition coefficient (Wildman–Crippen LogP) is 10.2. The third-order valence-electron chi connectivity index (χ3n) is 7.82. The molecule has 0 saturated heterocycles. The van der Waals surface area contributed by atoms with Gasteiger partial charge in [0.25, 0.3) is 0 Å². The second kappa shape index (κ2) is 7.41. The third-order valence-corrected chi connectivity index (χ3v) is 7.82. The van der Waals surface area contributed by atoms with Crippen molar-refractivity contribution >= 4 is 53.9 Å². The molecule has 0 aromatic heterocycles. The van der Waals surface area contributed by atoms with Gasteiger partial charge >= 0.3 is 0 Å². The highest BCUT2D eigenvalue weighted by atomic mass is 14.2. The largest absolute Gasteiger partial charge is 0.0616 e. The predicted molar refractivity (Wildman–Crippen MR) is 156 cm³/mol. The van der Waals surface area contributed by atoms with E-state index in [0.29, 0.717) is 0 Å². The molecular weight excluding hydrogens is 432 g/mol. The maximum Gasteiger partial charge on any atom is -0.00203 e. The fourth-order valence-corrected chi connectivity index (χ4v) is 6.19. The minimum Gasteiger partial charge on any atom is -0.0616 e. The van der Waals surface area contributed by atoms with E-state index in [4.69, 9.17) is 0 Å². The van der Waals surface area contributed by atoms with Crippen LogP contribution in [0.15, 0.2) is 133 Å². The van der Waals surface area contributed by atoms with Crippen molar-refractivity contribution in [1.29, 1.82) is 0 Å². The molecule has 0 fully saturated rings. The Hall–Kier alpha value is -4.68. The van der Waals surface area contributed by atoms with Gasteiger partial charge in [-0.1, -0.05) is 133 Å². The van der Waals surface area contributed by atoms with Crippen molar-refractivity contribution in [1.82, 2.24) is 0 Å². The zero-order valence-electron chi connectivity index (χ0n) is 19.7. The van der Waals surface area contributed by atoms with Gasteiger partial charge in [-0.2, -0.15) is 0 Å². The topological polar surface area (TPSA) is 0 Å². The SMILES string of the molecule is c1ccc2c(-c3ccc4ccc5ccc(-c6cccc7ccccc67)c6ccc3c4c56)cccc2c1. The smallest absolute Gasteiger partial charge is 0.00203 e. The summed E-state index contributed by atoms with van der Waals surface area (Å²) in [6.45, 7) is 0. The van der Waals surface area contributed by atoms with E-state index in [-0.39, 0.29) is 0 Å². The van der Waals surface area contributed by atoms with E-state index in [1.54, 1.807) is 0 Å². The van der Waals surface area contributed by atoms with Crippen LogP contribution in [0.5, 0.6) is 0 Å². The van der Waals surface area contributed by atoms with E-state index in [1.165, 1.54) is 76.1 Å². The molecule has 0 atom stereocenters. The fourth-order valence-electron chi connectivity index (χ4n) is 6.19. The van der Waals surface area contributed by atoms with Crippen LogP contribution in [0.3, 0.4) is 0 Å². The van der Waals surface area contributed by atoms with Crippen molar-refractivity contribution in [3.05, 3.63) is 133 Å². The Kier molecular flexibility index (Phi) is 4.03. The van der Waals surface area contributed by atoms with Crippen LogP contribution in [0, 0.1) is 0 Å². The summed E-state index contributed by atoms with van der Waals surface area (Å²) in [5, 5.41) is 13.1. The Morgan fingerprint density at radius 1 is 0.222 bits per heavy atom. The van der Waals surface area contributed by atoms with Crippen molar-refractivity contribution in [2.45, 2.75) is 0 Å². The van der Waals surface area contributed by atoms with Gasteiger partial charge in [0.15, 0.2) is 0 Å². The molecule has 0 aliphatic heterocycles. The fraction of sp³-hybridized carbons (Fsp3) is 0. The lowest BCUT2D eigenvalue weighted by molar-refractivity contribution is 1.69. The zero-order chi connectivity index (χ0) is 23.6.